The molecule has 0 bridgehead atoms. The average molecular weight is 685 g/mol. The van der Waals surface area contributed by atoms with E-state index in [1.807, 2.05) is 12.1 Å². The highest BCUT2D eigenvalue weighted by molar-refractivity contribution is 5.87. The van der Waals surface area contributed by atoms with Gasteiger partial charge in [0.05, 0.1) is 17.4 Å². The maximum atomic E-state index is 13.1. The predicted molar refractivity (Wildman–Crippen MR) is 195 cm³/mol. The summed E-state index contributed by atoms with van der Waals surface area (Å²) in [5.41, 5.74) is 1.54. The molecule has 5 fully saturated rings. The summed E-state index contributed by atoms with van der Waals surface area (Å²) >= 11 is 0. The van der Waals surface area contributed by atoms with Gasteiger partial charge in [0, 0.05) is 16.4 Å². The molecule has 5 aliphatic rings. The van der Waals surface area contributed by atoms with Crippen molar-refractivity contribution >= 4 is 17.9 Å². The first kappa shape index (κ1) is 36.7. The largest absolute Gasteiger partial charge is 0.481 e. The van der Waals surface area contributed by atoms with Gasteiger partial charge < -0.3 is 14.9 Å². The molecule has 2 N–H and O–H groups in total. The van der Waals surface area contributed by atoms with Crippen LogP contribution in [0.3, 0.4) is 0 Å². The van der Waals surface area contributed by atoms with E-state index < -0.39 is 23.3 Å². The summed E-state index contributed by atoms with van der Waals surface area (Å²) in [5.74, 6) is 7.59. The molecule has 0 radical (unpaired) electrons. The molecule has 1 aromatic carbocycles. The molecule has 0 spiro atoms. The number of carboxylic acid groups (broad SMARTS) is 2. The second-order valence-electron chi connectivity index (χ2n) is 19.2. The van der Waals surface area contributed by atoms with Crippen LogP contribution in [0.25, 0.3) is 0 Å². The minimum Gasteiger partial charge on any atom is -0.481 e. The Kier molecular flexibility index (Phi) is 9.01. The number of carbonyl (C=O) groups excluding carboxylic acids is 1. The molecule has 0 amide bonds. The fourth-order valence-electron chi connectivity index (χ4n) is 13.1. The first-order valence-corrected chi connectivity index (χ1v) is 19.2. The van der Waals surface area contributed by atoms with Gasteiger partial charge in [0.1, 0.15) is 6.10 Å². The smallest absolute Gasteiger partial charge is 0.335 e. The number of hydrogen-bond acceptors (Lipinski definition) is 4. The molecular weight excluding hydrogens is 624 g/mol. The van der Waals surface area contributed by atoms with Crippen LogP contribution in [0.15, 0.2) is 36.4 Å². The van der Waals surface area contributed by atoms with E-state index in [1.54, 1.807) is 26.0 Å². The van der Waals surface area contributed by atoms with Crippen LogP contribution in [-0.4, -0.2) is 34.2 Å². The van der Waals surface area contributed by atoms with E-state index in [0.717, 1.165) is 44.1 Å². The van der Waals surface area contributed by atoms with E-state index >= 15 is 0 Å². The van der Waals surface area contributed by atoms with E-state index in [4.69, 9.17) is 4.74 Å². The van der Waals surface area contributed by atoms with Crippen LogP contribution >= 0.6 is 0 Å². The van der Waals surface area contributed by atoms with Gasteiger partial charge in [-0.3, -0.25) is 9.59 Å². The maximum absolute atomic E-state index is 13.1. The molecule has 5 aliphatic carbocycles. The summed E-state index contributed by atoms with van der Waals surface area (Å²) in [4.78, 5) is 36.2. The van der Waals surface area contributed by atoms with Crippen LogP contribution in [0, 0.1) is 73.9 Å². The lowest BCUT2D eigenvalue weighted by molar-refractivity contribution is -0.247. The molecule has 5 unspecified atom stereocenters. The Bertz CT molecular complexity index is 1630. The number of allylic oxidation sites excluding steroid dienone is 1. The van der Waals surface area contributed by atoms with E-state index in [9.17, 15) is 24.6 Å². The number of hydrogen-bond donors (Lipinski definition) is 2. The zero-order chi connectivity index (χ0) is 36.7. The topological polar surface area (TPSA) is 101 Å². The van der Waals surface area contributed by atoms with E-state index in [2.05, 4.69) is 60.0 Å². The first-order chi connectivity index (χ1) is 23.2. The molecule has 6 nitrogen and oxygen atoms in total. The third-order valence-electron chi connectivity index (χ3n) is 16.0. The molecule has 6 heteroatoms. The maximum Gasteiger partial charge on any atom is 0.335 e. The number of benzene rings is 1. The molecule has 0 aliphatic heterocycles. The number of aliphatic carboxylic acids is 1. The fourth-order valence-corrected chi connectivity index (χ4v) is 13.1. The second kappa shape index (κ2) is 12.3. The van der Waals surface area contributed by atoms with Crippen molar-refractivity contribution in [3.63, 3.8) is 0 Å². The molecule has 6 rings (SSSR count). The highest BCUT2D eigenvalue weighted by atomic mass is 16.5. The SMILES string of the molecule is C=C(C)[C@@H]1CCC2(C#Cc3ccc(C(=O)O)cc3)CC[C@]3(C)C(CCC4[C@@]5(C)CC[C@H](OC(=O)CC(C)(C)C(=O)O)C(C)(C)C5CC[C@]43C)C12. The lowest BCUT2D eigenvalue weighted by Gasteiger charge is -2.72. The van der Waals surface area contributed by atoms with Crippen LogP contribution in [0.2, 0.25) is 0 Å². The van der Waals surface area contributed by atoms with Crippen molar-refractivity contribution in [3.05, 3.63) is 47.5 Å². The number of carbonyl (C=O) groups is 3. The molecule has 0 aromatic heterocycles. The number of ether oxygens (including phenoxy) is 1. The van der Waals surface area contributed by atoms with E-state index in [1.165, 1.54) is 31.3 Å². The molecule has 0 heterocycles. The summed E-state index contributed by atoms with van der Waals surface area (Å²) in [6.07, 6.45) is 10.7. The first-order valence-electron chi connectivity index (χ1n) is 19.2. The van der Waals surface area contributed by atoms with Crippen molar-refractivity contribution in [2.24, 2.45) is 62.1 Å². The van der Waals surface area contributed by atoms with Crippen molar-refractivity contribution in [1.82, 2.24) is 0 Å². The Hall–Kier alpha value is -3.07. The molecular formula is C44H60O6. The lowest BCUT2D eigenvalue weighted by atomic mass is 9.32. The lowest BCUT2D eigenvalue weighted by Crippen LogP contribution is -2.66. The van der Waals surface area contributed by atoms with Crippen molar-refractivity contribution in [2.45, 2.75) is 132 Å². The van der Waals surface area contributed by atoms with Gasteiger partial charge in [-0.2, -0.15) is 0 Å². The highest BCUT2D eigenvalue weighted by Gasteiger charge is 2.71. The number of fused-ring (bicyclic) bond motifs is 7. The zero-order valence-electron chi connectivity index (χ0n) is 31.8. The summed E-state index contributed by atoms with van der Waals surface area (Å²) < 4.78 is 6.17. The van der Waals surface area contributed by atoms with Crippen LogP contribution in [-0.2, 0) is 14.3 Å². The molecule has 10 atom stereocenters. The standard InChI is InChI=1S/C44H60O6/c1-27(2)30-17-23-44(22-16-28-10-12-29(13-11-28)37(46)47)25-24-42(8)31(36(30)44)14-15-33-41(7)20-19-34(50-35(45)26-39(3,4)38(48)49)40(5,6)32(41)18-21-43(33,42)9/h10-13,30-34,36H,1,14-15,17-21,23-26H2,2-9H3,(H,46,47)(H,48,49)/t30-,31?,32?,33?,34-,36?,41-,42+,43+,44?/m0/s1. The highest BCUT2D eigenvalue weighted by Crippen LogP contribution is 2.77. The second-order valence-corrected chi connectivity index (χ2v) is 19.2. The Balaban J connectivity index is 1.27. The summed E-state index contributed by atoms with van der Waals surface area (Å²) in [6, 6.07) is 7.00. The monoisotopic (exact) mass is 684 g/mol. The minimum atomic E-state index is -1.15. The van der Waals surface area contributed by atoms with Gasteiger partial charge in [0.15, 0.2) is 0 Å². The number of aromatic carboxylic acids is 1. The van der Waals surface area contributed by atoms with Crippen LogP contribution in [0.4, 0.5) is 0 Å². The van der Waals surface area contributed by atoms with Crippen molar-refractivity contribution in [2.75, 3.05) is 0 Å². The number of esters is 1. The van der Waals surface area contributed by atoms with Gasteiger partial charge in [-0.25, -0.2) is 4.79 Å². The van der Waals surface area contributed by atoms with Gasteiger partial charge >= 0.3 is 17.9 Å². The third kappa shape index (κ3) is 5.56. The zero-order valence-corrected chi connectivity index (χ0v) is 31.8. The van der Waals surface area contributed by atoms with Gasteiger partial charge in [-0.1, -0.05) is 58.6 Å². The summed E-state index contributed by atoms with van der Waals surface area (Å²) in [5, 5.41) is 19.0. The van der Waals surface area contributed by atoms with Crippen LogP contribution in [0.1, 0.15) is 142 Å². The number of carboxylic acids is 2. The van der Waals surface area contributed by atoms with Crippen LogP contribution in [0.5, 0.6) is 0 Å². The minimum absolute atomic E-state index is 0.0529. The Morgan fingerprint density at radius 2 is 1.54 bits per heavy atom. The third-order valence-corrected chi connectivity index (χ3v) is 16.0. The van der Waals surface area contributed by atoms with Gasteiger partial charge in [0.25, 0.3) is 0 Å². The number of rotatable bonds is 6. The van der Waals surface area contributed by atoms with Gasteiger partial charge in [-0.05, 0) is 155 Å². The Labute approximate surface area is 300 Å². The molecule has 5 saturated carbocycles. The predicted octanol–water partition coefficient (Wildman–Crippen LogP) is 9.81. The Morgan fingerprint density at radius 1 is 0.860 bits per heavy atom. The van der Waals surface area contributed by atoms with E-state index in [0.29, 0.717) is 29.6 Å². The Morgan fingerprint density at radius 3 is 2.16 bits per heavy atom. The molecule has 0 saturated heterocycles. The molecule has 272 valence electrons. The van der Waals surface area contributed by atoms with Gasteiger partial charge in [0.2, 0.25) is 0 Å². The van der Waals surface area contributed by atoms with Crippen molar-refractivity contribution in [1.29, 1.82) is 0 Å². The molecule has 1 aromatic rings. The quantitative estimate of drug-likeness (QED) is 0.176. The normalized spacial score (nSPS) is 40.1. The van der Waals surface area contributed by atoms with Crippen LogP contribution < -0.4 is 0 Å². The average Bonchev–Trinajstić information content (AvgIpc) is 3.42. The summed E-state index contributed by atoms with van der Waals surface area (Å²) in [6.45, 7) is 22.3. The van der Waals surface area contributed by atoms with Crippen molar-refractivity contribution in [3.8, 4) is 11.8 Å². The fraction of sp³-hybridized carbons (Fsp3) is 0.705. The summed E-state index contributed by atoms with van der Waals surface area (Å²) in [7, 11) is 0. The van der Waals surface area contributed by atoms with Gasteiger partial charge in [-0.15, -0.1) is 0 Å². The molecule has 50 heavy (non-hydrogen) atoms. The van der Waals surface area contributed by atoms with Crippen molar-refractivity contribution < 1.29 is 29.3 Å². The van der Waals surface area contributed by atoms with E-state index in [-0.39, 0.29) is 45.2 Å².